The van der Waals surface area contributed by atoms with Crippen LogP contribution in [0.3, 0.4) is 0 Å². The van der Waals surface area contributed by atoms with Gasteiger partial charge in [0.1, 0.15) is 18.1 Å². The van der Waals surface area contributed by atoms with Gasteiger partial charge in [-0.2, -0.15) is 13.2 Å². The first-order chi connectivity index (χ1) is 15.5. The van der Waals surface area contributed by atoms with Crippen molar-refractivity contribution < 1.29 is 83.9 Å². The second-order valence-corrected chi connectivity index (χ2v) is 8.75. The van der Waals surface area contributed by atoms with Crippen LogP contribution in [0.1, 0.15) is 49.4 Å². The van der Waals surface area contributed by atoms with Crippen molar-refractivity contribution >= 4 is 28.5 Å². The molecule has 1 aliphatic heterocycles. The minimum absolute atomic E-state index is 0. The van der Waals surface area contributed by atoms with Gasteiger partial charge in [0.2, 0.25) is 0 Å². The molecule has 4 rings (SSSR count). The fraction of sp³-hybridized carbons (Fsp3) is 0.375. The third-order valence-electron chi connectivity index (χ3n) is 5.63. The van der Waals surface area contributed by atoms with Gasteiger partial charge in [-0.3, -0.25) is 0 Å². The van der Waals surface area contributed by atoms with Gasteiger partial charge in [-0.25, -0.2) is 0 Å². The largest absolute Gasteiger partial charge is 1.00 e. The second kappa shape index (κ2) is 10.8. The SMILES string of the molecule is CC(C)Oc1ccc(COc2ccc3c(c2)c(Cl)c2n3CC[C@@H]2CC(=O)[O-])cc1C(F)(F)F.[K+]. The van der Waals surface area contributed by atoms with E-state index in [9.17, 15) is 23.1 Å². The molecule has 0 fully saturated rings. The van der Waals surface area contributed by atoms with Gasteiger partial charge in [-0.1, -0.05) is 17.7 Å². The van der Waals surface area contributed by atoms with Gasteiger partial charge >= 0.3 is 57.6 Å². The molecule has 1 aromatic heterocycles. The maximum Gasteiger partial charge on any atom is 1.00 e. The molecule has 5 nitrogen and oxygen atoms in total. The van der Waals surface area contributed by atoms with E-state index in [0.29, 0.717) is 34.7 Å². The van der Waals surface area contributed by atoms with Gasteiger partial charge in [-0.15, -0.1) is 0 Å². The van der Waals surface area contributed by atoms with E-state index < -0.39 is 17.7 Å². The number of aliphatic carboxylic acids is 1. The fourth-order valence-corrected chi connectivity index (χ4v) is 4.68. The minimum Gasteiger partial charge on any atom is -0.550 e. The maximum atomic E-state index is 13.5. The number of benzene rings is 2. The normalized spacial score (nSPS) is 15.3. The topological polar surface area (TPSA) is 63.5 Å². The Morgan fingerprint density at radius 1 is 1.24 bits per heavy atom. The van der Waals surface area contributed by atoms with E-state index in [1.165, 1.54) is 12.1 Å². The number of rotatable bonds is 7. The number of carbonyl (C=O) groups excluding carboxylic acids is 1. The number of carboxylic acids is 1. The Kier molecular flexibility index (Phi) is 8.69. The Labute approximate surface area is 242 Å². The number of aryl methyl sites for hydroxylation is 1. The first-order valence-corrected chi connectivity index (χ1v) is 10.9. The number of carbonyl (C=O) groups is 1. The summed E-state index contributed by atoms with van der Waals surface area (Å²) in [6, 6.07) is 9.13. The third-order valence-corrected chi connectivity index (χ3v) is 6.03. The number of hydrogen-bond donors (Lipinski definition) is 0. The summed E-state index contributed by atoms with van der Waals surface area (Å²) in [6.45, 7) is 3.91. The fourth-order valence-electron chi connectivity index (χ4n) is 4.28. The minimum atomic E-state index is -4.55. The van der Waals surface area contributed by atoms with Crippen LogP contribution in [-0.2, 0) is 24.1 Å². The van der Waals surface area contributed by atoms with Gasteiger partial charge in [0, 0.05) is 29.5 Å². The molecule has 1 aliphatic rings. The standard InChI is InChI=1S/C24H23ClF3NO4.K/c1-13(2)33-20-6-3-14(9-18(20)24(26,27)28)12-32-16-4-5-19-17(11-16)22(25)23-15(10-21(30)31)7-8-29(19)23;/h3-6,9,11,13,15H,7-8,10,12H2,1-2H3,(H,30,31);/q;+1/p-1/t15-;/m1./s1. The summed E-state index contributed by atoms with van der Waals surface area (Å²) in [5.74, 6) is -1.11. The molecule has 0 amide bonds. The number of nitrogens with zero attached hydrogens (tertiary/aromatic N) is 1. The van der Waals surface area contributed by atoms with Crippen LogP contribution in [0.4, 0.5) is 13.2 Å². The van der Waals surface area contributed by atoms with E-state index in [1.54, 1.807) is 26.0 Å². The number of ether oxygens (including phenoxy) is 2. The molecule has 0 saturated heterocycles. The molecule has 2 heterocycles. The van der Waals surface area contributed by atoms with E-state index in [2.05, 4.69) is 0 Å². The molecular formula is C24H22ClF3KNO4. The maximum absolute atomic E-state index is 13.5. The molecule has 0 saturated carbocycles. The average molecular weight is 520 g/mol. The van der Waals surface area contributed by atoms with Crippen LogP contribution < -0.4 is 66.0 Å². The molecule has 34 heavy (non-hydrogen) atoms. The Morgan fingerprint density at radius 2 is 1.97 bits per heavy atom. The first-order valence-electron chi connectivity index (χ1n) is 10.6. The van der Waals surface area contributed by atoms with E-state index in [0.717, 1.165) is 17.3 Å². The molecule has 176 valence electrons. The van der Waals surface area contributed by atoms with Crippen molar-refractivity contribution in [2.45, 2.75) is 58.0 Å². The number of aromatic nitrogens is 1. The molecule has 0 radical (unpaired) electrons. The molecule has 0 bridgehead atoms. The van der Waals surface area contributed by atoms with Crippen LogP contribution >= 0.6 is 11.6 Å². The molecule has 10 heteroatoms. The van der Waals surface area contributed by atoms with E-state index >= 15 is 0 Å². The van der Waals surface area contributed by atoms with Crippen LogP contribution in [0.2, 0.25) is 5.02 Å². The summed E-state index contributed by atoms with van der Waals surface area (Å²) in [5, 5.41) is 12.2. The number of fused-ring (bicyclic) bond motifs is 3. The van der Waals surface area contributed by atoms with Gasteiger partial charge in [0.05, 0.1) is 22.2 Å². The molecule has 0 unspecified atom stereocenters. The van der Waals surface area contributed by atoms with Gasteiger partial charge in [0.15, 0.2) is 0 Å². The van der Waals surface area contributed by atoms with E-state index in [4.69, 9.17) is 21.1 Å². The zero-order valence-electron chi connectivity index (χ0n) is 19.0. The monoisotopic (exact) mass is 519 g/mol. The van der Waals surface area contributed by atoms with Crippen molar-refractivity contribution in [3.63, 3.8) is 0 Å². The van der Waals surface area contributed by atoms with Crippen molar-refractivity contribution in [1.82, 2.24) is 4.57 Å². The second-order valence-electron chi connectivity index (χ2n) is 8.38. The number of carboxylic acid groups (broad SMARTS) is 1. The summed E-state index contributed by atoms with van der Waals surface area (Å²) in [4.78, 5) is 11.1. The van der Waals surface area contributed by atoms with Crippen LogP contribution in [0.5, 0.6) is 11.5 Å². The average Bonchev–Trinajstić information content (AvgIpc) is 3.25. The summed E-state index contributed by atoms with van der Waals surface area (Å²) < 4.78 is 53.5. The van der Waals surface area contributed by atoms with Crippen LogP contribution in [0.15, 0.2) is 36.4 Å². The first kappa shape index (κ1) is 27.4. The molecule has 1 atom stereocenters. The van der Waals surface area contributed by atoms with E-state index in [1.807, 2.05) is 10.6 Å². The summed E-state index contributed by atoms with van der Waals surface area (Å²) >= 11 is 6.57. The van der Waals surface area contributed by atoms with Crippen molar-refractivity contribution in [3.8, 4) is 11.5 Å². The van der Waals surface area contributed by atoms with Crippen molar-refractivity contribution in [1.29, 1.82) is 0 Å². The number of alkyl halides is 3. The summed E-state index contributed by atoms with van der Waals surface area (Å²) in [5.41, 5.74) is 1.12. The Bertz CT molecular complexity index is 1210. The zero-order valence-corrected chi connectivity index (χ0v) is 22.9. The van der Waals surface area contributed by atoms with Crippen molar-refractivity contribution in [2.75, 3.05) is 0 Å². The Morgan fingerprint density at radius 3 is 2.62 bits per heavy atom. The van der Waals surface area contributed by atoms with Gasteiger partial charge in [-0.05, 0) is 62.6 Å². The van der Waals surface area contributed by atoms with Gasteiger partial charge in [0.25, 0.3) is 0 Å². The van der Waals surface area contributed by atoms with Crippen LogP contribution in [-0.4, -0.2) is 16.6 Å². The van der Waals surface area contributed by atoms with Crippen molar-refractivity contribution in [3.05, 3.63) is 58.2 Å². The molecule has 0 spiro atoms. The Hall–Kier alpha value is -1.23. The smallest absolute Gasteiger partial charge is 0.550 e. The van der Waals surface area contributed by atoms with Crippen LogP contribution in [0, 0.1) is 0 Å². The predicted molar refractivity (Wildman–Crippen MR) is 115 cm³/mol. The molecule has 3 aromatic rings. The predicted octanol–water partition coefficient (Wildman–Crippen LogP) is 2.31. The Balaban J connectivity index is 0.00000324. The zero-order chi connectivity index (χ0) is 23.9. The van der Waals surface area contributed by atoms with Crippen LogP contribution in [0.25, 0.3) is 10.9 Å². The summed E-state index contributed by atoms with van der Waals surface area (Å²) in [6.07, 6.45) is -4.37. The summed E-state index contributed by atoms with van der Waals surface area (Å²) in [7, 11) is 0. The number of halogens is 4. The molecular weight excluding hydrogens is 498 g/mol. The number of hydrogen-bond acceptors (Lipinski definition) is 4. The van der Waals surface area contributed by atoms with E-state index in [-0.39, 0.29) is 82.2 Å². The quantitative estimate of drug-likeness (QED) is 0.449. The molecule has 0 aliphatic carbocycles. The third kappa shape index (κ3) is 5.76. The van der Waals surface area contributed by atoms with Gasteiger partial charge < -0.3 is 23.9 Å². The molecule has 0 N–H and O–H groups in total. The molecule has 2 aromatic carbocycles. The van der Waals surface area contributed by atoms with Crippen molar-refractivity contribution in [2.24, 2.45) is 0 Å².